The Balaban J connectivity index is 1.50. The summed E-state index contributed by atoms with van der Waals surface area (Å²) in [7, 11) is 0. The van der Waals surface area contributed by atoms with Gasteiger partial charge in [0.15, 0.2) is 0 Å². The molecule has 0 radical (unpaired) electrons. The highest BCUT2D eigenvalue weighted by atomic mass is 32.1. The molecule has 2 heterocycles. The number of hydrogen-bond acceptors (Lipinski definition) is 2. The number of halogens is 1. The number of thiophene rings is 1. The predicted octanol–water partition coefficient (Wildman–Crippen LogP) is 3.67. The fraction of sp³-hybridized carbons (Fsp3) is 0.250. The van der Waals surface area contributed by atoms with Gasteiger partial charge >= 0.3 is 0 Å². The fourth-order valence-electron chi connectivity index (χ4n) is 2.36. The number of benzene rings is 1. The standard InChI is InChI=1S/C16H17FN2S/c17-15-1-2-16-14(11-15)4-8-19(16)9-7-18-6-3-13-5-10-20-12-13/h1-2,4-5,8,10-12,18H,3,6-7,9H2. The summed E-state index contributed by atoms with van der Waals surface area (Å²) in [5.74, 6) is -0.177. The van der Waals surface area contributed by atoms with Crippen molar-refractivity contribution in [2.75, 3.05) is 13.1 Å². The van der Waals surface area contributed by atoms with Crippen LogP contribution in [-0.2, 0) is 13.0 Å². The third kappa shape index (κ3) is 3.08. The van der Waals surface area contributed by atoms with Crippen molar-refractivity contribution in [3.63, 3.8) is 0 Å². The molecular formula is C16H17FN2S. The van der Waals surface area contributed by atoms with Crippen molar-refractivity contribution in [2.24, 2.45) is 0 Å². The van der Waals surface area contributed by atoms with Crippen molar-refractivity contribution >= 4 is 22.2 Å². The van der Waals surface area contributed by atoms with Crippen LogP contribution in [0.15, 0.2) is 47.3 Å². The van der Waals surface area contributed by atoms with Crippen LogP contribution in [0.1, 0.15) is 5.56 Å². The van der Waals surface area contributed by atoms with Crippen LogP contribution in [-0.4, -0.2) is 17.7 Å². The zero-order valence-corrected chi connectivity index (χ0v) is 12.0. The minimum atomic E-state index is -0.177. The summed E-state index contributed by atoms with van der Waals surface area (Å²) in [5, 5.41) is 8.71. The van der Waals surface area contributed by atoms with E-state index < -0.39 is 0 Å². The van der Waals surface area contributed by atoms with E-state index in [0.717, 1.165) is 37.0 Å². The van der Waals surface area contributed by atoms with Crippen LogP contribution >= 0.6 is 11.3 Å². The molecular weight excluding hydrogens is 271 g/mol. The highest BCUT2D eigenvalue weighted by Gasteiger charge is 2.01. The molecule has 0 aliphatic heterocycles. The zero-order valence-electron chi connectivity index (χ0n) is 11.2. The van der Waals surface area contributed by atoms with E-state index in [9.17, 15) is 4.39 Å². The molecule has 2 nitrogen and oxygen atoms in total. The second-order valence-electron chi connectivity index (χ2n) is 4.84. The van der Waals surface area contributed by atoms with Crippen molar-refractivity contribution in [3.05, 3.63) is 58.7 Å². The van der Waals surface area contributed by atoms with Gasteiger partial charge < -0.3 is 9.88 Å². The van der Waals surface area contributed by atoms with Gasteiger partial charge in [-0.05, 0) is 59.6 Å². The van der Waals surface area contributed by atoms with Crippen molar-refractivity contribution in [1.29, 1.82) is 0 Å². The Bertz CT molecular complexity index is 673. The molecule has 104 valence electrons. The zero-order chi connectivity index (χ0) is 13.8. The first-order valence-corrected chi connectivity index (χ1v) is 7.73. The van der Waals surface area contributed by atoms with Crippen molar-refractivity contribution < 1.29 is 4.39 Å². The molecule has 0 aliphatic rings. The van der Waals surface area contributed by atoms with Crippen molar-refractivity contribution in [1.82, 2.24) is 9.88 Å². The Morgan fingerprint density at radius 1 is 1.15 bits per heavy atom. The number of hydrogen-bond donors (Lipinski definition) is 1. The molecule has 0 fully saturated rings. The van der Waals surface area contributed by atoms with E-state index in [1.54, 1.807) is 17.4 Å². The maximum Gasteiger partial charge on any atom is 0.123 e. The van der Waals surface area contributed by atoms with Crippen LogP contribution in [0, 0.1) is 5.82 Å². The van der Waals surface area contributed by atoms with E-state index in [0.29, 0.717) is 0 Å². The molecule has 0 saturated carbocycles. The summed E-state index contributed by atoms with van der Waals surface area (Å²) in [5.41, 5.74) is 2.48. The van der Waals surface area contributed by atoms with Crippen LogP contribution < -0.4 is 5.32 Å². The SMILES string of the molecule is Fc1ccc2c(ccn2CCNCCc2ccsc2)c1. The van der Waals surface area contributed by atoms with Gasteiger partial charge in [-0.3, -0.25) is 0 Å². The number of aromatic nitrogens is 1. The van der Waals surface area contributed by atoms with Gasteiger partial charge in [0.1, 0.15) is 5.82 Å². The first kappa shape index (κ1) is 13.3. The van der Waals surface area contributed by atoms with Crippen LogP contribution in [0.2, 0.25) is 0 Å². The molecule has 1 aromatic carbocycles. The lowest BCUT2D eigenvalue weighted by molar-refractivity contribution is 0.609. The molecule has 0 unspecified atom stereocenters. The van der Waals surface area contributed by atoms with E-state index in [-0.39, 0.29) is 5.82 Å². The monoisotopic (exact) mass is 288 g/mol. The lowest BCUT2D eigenvalue weighted by Gasteiger charge is -2.07. The first-order valence-electron chi connectivity index (χ1n) is 6.79. The van der Waals surface area contributed by atoms with E-state index in [4.69, 9.17) is 0 Å². The molecule has 20 heavy (non-hydrogen) atoms. The largest absolute Gasteiger partial charge is 0.346 e. The van der Waals surface area contributed by atoms with Crippen LogP contribution in [0.25, 0.3) is 10.9 Å². The Hall–Kier alpha value is -1.65. The first-order chi connectivity index (χ1) is 9.83. The summed E-state index contributed by atoms with van der Waals surface area (Å²) in [6.07, 6.45) is 3.09. The molecule has 1 N–H and O–H groups in total. The Labute approximate surface area is 121 Å². The van der Waals surface area contributed by atoms with Crippen LogP contribution in [0.5, 0.6) is 0 Å². The Kier molecular flexibility index (Phi) is 4.14. The molecule has 4 heteroatoms. The number of nitrogens with one attached hydrogen (secondary N) is 1. The maximum atomic E-state index is 13.1. The summed E-state index contributed by atoms with van der Waals surface area (Å²) >= 11 is 1.74. The average Bonchev–Trinajstić information content (AvgIpc) is 3.08. The molecule has 0 amide bonds. The van der Waals surface area contributed by atoms with Gasteiger partial charge in [-0.2, -0.15) is 11.3 Å². The lowest BCUT2D eigenvalue weighted by atomic mass is 10.2. The van der Waals surface area contributed by atoms with E-state index in [1.807, 2.05) is 18.3 Å². The van der Waals surface area contributed by atoms with Gasteiger partial charge in [0, 0.05) is 30.2 Å². The molecule has 0 aliphatic carbocycles. The van der Waals surface area contributed by atoms with E-state index >= 15 is 0 Å². The highest BCUT2D eigenvalue weighted by molar-refractivity contribution is 7.07. The van der Waals surface area contributed by atoms with E-state index in [1.165, 1.54) is 11.6 Å². The molecule has 0 atom stereocenters. The molecule has 3 aromatic rings. The predicted molar refractivity (Wildman–Crippen MR) is 82.8 cm³/mol. The van der Waals surface area contributed by atoms with Gasteiger partial charge in [0.25, 0.3) is 0 Å². The van der Waals surface area contributed by atoms with Crippen LogP contribution in [0.3, 0.4) is 0 Å². The second kappa shape index (κ2) is 6.20. The van der Waals surface area contributed by atoms with Crippen molar-refractivity contribution in [2.45, 2.75) is 13.0 Å². The topological polar surface area (TPSA) is 17.0 Å². The smallest absolute Gasteiger partial charge is 0.123 e. The third-order valence-electron chi connectivity index (χ3n) is 3.43. The summed E-state index contributed by atoms with van der Waals surface area (Å²) in [4.78, 5) is 0. The fourth-order valence-corrected chi connectivity index (χ4v) is 3.06. The molecule has 0 bridgehead atoms. The Morgan fingerprint density at radius 3 is 2.95 bits per heavy atom. The third-order valence-corrected chi connectivity index (χ3v) is 4.17. The Morgan fingerprint density at radius 2 is 2.10 bits per heavy atom. The minimum absolute atomic E-state index is 0.177. The summed E-state index contributed by atoms with van der Waals surface area (Å²) in [6.45, 7) is 2.81. The summed E-state index contributed by atoms with van der Waals surface area (Å²) < 4.78 is 15.3. The number of nitrogens with zero attached hydrogens (tertiary/aromatic N) is 1. The average molecular weight is 288 g/mol. The van der Waals surface area contributed by atoms with Crippen LogP contribution in [0.4, 0.5) is 4.39 Å². The molecule has 0 spiro atoms. The van der Waals surface area contributed by atoms with Gasteiger partial charge in [0.05, 0.1) is 0 Å². The maximum absolute atomic E-state index is 13.1. The quantitative estimate of drug-likeness (QED) is 0.685. The summed E-state index contributed by atoms with van der Waals surface area (Å²) in [6, 6.07) is 9.07. The van der Waals surface area contributed by atoms with Gasteiger partial charge in [0.2, 0.25) is 0 Å². The molecule has 3 rings (SSSR count). The van der Waals surface area contributed by atoms with Gasteiger partial charge in [-0.1, -0.05) is 0 Å². The number of rotatable bonds is 6. The van der Waals surface area contributed by atoms with Gasteiger partial charge in [-0.15, -0.1) is 0 Å². The highest BCUT2D eigenvalue weighted by Crippen LogP contribution is 2.16. The normalized spacial score (nSPS) is 11.2. The molecule has 0 saturated heterocycles. The molecule has 2 aromatic heterocycles. The van der Waals surface area contributed by atoms with Gasteiger partial charge in [-0.25, -0.2) is 4.39 Å². The van der Waals surface area contributed by atoms with Crippen molar-refractivity contribution in [3.8, 4) is 0 Å². The lowest BCUT2D eigenvalue weighted by Crippen LogP contribution is -2.22. The number of fused-ring (bicyclic) bond motifs is 1. The second-order valence-corrected chi connectivity index (χ2v) is 5.62. The van der Waals surface area contributed by atoms with E-state index in [2.05, 4.69) is 26.7 Å². The minimum Gasteiger partial charge on any atom is -0.346 e.